The molecule has 0 amide bonds. The molecule has 0 radical (unpaired) electrons. The van der Waals surface area contributed by atoms with Gasteiger partial charge >= 0.3 is 17.9 Å². The molecule has 0 rings (SSSR count). The third kappa shape index (κ3) is 57.7. The minimum absolute atomic E-state index is 0.0962. The Morgan fingerprint density at radius 1 is 0.321 bits per heavy atom. The maximum absolute atomic E-state index is 13.3. The van der Waals surface area contributed by atoms with Crippen LogP contribution in [0.5, 0.6) is 0 Å². The van der Waals surface area contributed by atoms with Crippen LogP contribution in [0.3, 0.4) is 0 Å². The Hall–Kier alpha value is -2.49. The van der Waals surface area contributed by atoms with Crippen LogP contribution in [-0.2, 0) is 28.6 Å². The summed E-state index contributed by atoms with van der Waals surface area (Å²) in [5.41, 5.74) is 0. The van der Waals surface area contributed by atoms with Crippen LogP contribution in [0, 0.1) is 0 Å². The van der Waals surface area contributed by atoms with Gasteiger partial charge in [-0.15, -0.1) is 0 Å². The van der Waals surface area contributed by atoms with E-state index in [0.717, 1.165) is 57.8 Å². The van der Waals surface area contributed by atoms with E-state index in [0.29, 0.717) is 19.3 Å². The largest absolute Gasteiger partial charge is 0.462 e. The highest BCUT2D eigenvalue weighted by atomic mass is 16.6. The van der Waals surface area contributed by atoms with Crippen LogP contribution in [0.2, 0.25) is 0 Å². The summed E-state index contributed by atoms with van der Waals surface area (Å²) >= 11 is 0. The standard InChI is InChI=1S/C72H134O9/c1-4-7-10-13-16-19-22-25-28-31-34-37-40-43-46-49-52-55-58-61-68(75)79-65-67(80-69(76)62-59-56-53-50-47-44-41-38-35-32-29-26-23-20-17-14-11-8-5-2)72(71(78)66(74)64-73)81-70(77)63-60-57-54-51-48-45-42-39-36-33-30-27-24-21-18-15-12-9-6-3/h25-30,66-67,71-74,78H,4-24,31-65H2,1-3H3/t66-,67+,71-,72-/m1/s1. The number of esters is 3. The van der Waals surface area contributed by atoms with E-state index in [1.165, 1.54) is 250 Å². The van der Waals surface area contributed by atoms with Crippen LogP contribution in [0.25, 0.3) is 0 Å². The molecule has 0 aliphatic rings. The summed E-state index contributed by atoms with van der Waals surface area (Å²) < 4.78 is 17.3. The molecular formula is C72H134O9. The van der Waals surface area contributed by atoms with Crippen molar-refractivity contribution < 1.29 is 43.9 Å². The van der Waals surface area contributed by atoms with Gasteiger partial charge in [-0.3, -0.25) is 14.4 Å². The molecule has 0 saturated heterocycles. The topological polar surface area (TPSA) is 140 Å². The Morgan fingerprint density at radius 3 is 0.827 bits per heavy atom. The van der Waals surface area contributed by atoms with Crippen LogP contribution >= 0.6 is 0 Å². The number of aliphatic hydroxyl groups excluding tert-OH is 3. The van der Waals surface area contributed by atoms with E-state index >= 15 is 0 Å². The summed E-state index contributed by atoms with van der Waals surface area (Å²) in [7, 11) is 0. The molecule has 0 aromatic heterocycles. The Kier molecular flexibility index (Phi) is 63.1. The van der Waals surface area contributed by atoms with E-state index in [-0.39, 0.29) is 19.3 Å². The Labute approximate surface area is 501 Å². The lowest BCUT2D eigenvalue weighted by Crippen LogP contribution is -2.51. The normalized spacial score (nSPS) is 13.4. The molecule has 0 aromatic carbocycles. The zero-order chi connectivity index (χ0) is 59.0. The zero-order valence-corrected chi connectivity index (χ0v) is 53.7. The SMILES string of the molecule is CCCCCCCCC=CCCCCCCCCCCCC(=O)OC[C@H](OC(=O)CCCCCCCCCCCC=CCCCCCCCC)[C@@H](OC(=O)CCCCCCCCCCCC=CCCCCCCCC)[C@H](O)[C@H](O)CO. The second kappa shape index (κ2) is 65.1. The first kappa shape index (κ1) is 78.5. The van der Waals surface area contributed by atoms with E-state index in [1.807, 2.05) is 0 Å². The second-order valence-corrected chi connectivity index (χ2v) is 24.2. The molecule has 0 aromatic rings. The average molecular weight is 1140 g/mol. The third-order valence-electron chi connectivity index (χ3n) is 16.2. The van der Waals surface area contributed by atoms with E-state index in [2.05, 4.69) is 57.2 Å². The molecule has 0 heterocycles. The van der Waals surface area contributed by atoms with Gasteiger partial charge in [-0.25, -0.2) is 0 Å². The number of ether oxygens (including phenoxy) is 3. The fraction of sp³-hybridized carbons (Fsp3) is 0.875. The number of unbranched alkanes of at least 4 members (excludes halogenated alkanes) is 45. The molecule has 0 spiro atoms. The van der Waals surface area contributed by atoms with Crippen molar-refractivity contribution >= 4 is 17.9 Å². The molecule has 3 N–H and O–H groups in total. The molecule has 0 saturated carbocycles. The van der Waals surface area contributed by atoms with Crippen LogP contribution in [-0.4, -0.2) is 70.9 Å². The number of hydrogen-bond acceptors (Lipinski definition) is 9. The molecule has 0 aliphatic carbocycles. The van der Waals surface area contributed by atoms with Crippen LogP contribution in [0.1, 0.15) is 367 Å². The lowest BCUT2D eigenvalue weighted by molar-refractivity contribution is -0.193. The fourth-order valence-electron chi connectivity index (χ4n) is 10.7. The predicted octanol–water partition coefficient (Wildman–Crippen LogP) is 20.9. The number of allylic oxidation sites excluding steroid dienone is 6. The number of carbonyl (C=O) groups excluding carboxylic acids is 3. The summed E-state index contributed by atoms with van der Waals surface area (Å²) in [5.74, 6) is -1.60. The predicted molar refractivity (Wildman–Crippen MR) is 344 cm³/mol. The summed E-state index contributed by atoms with van der Waals surface area (Å²) in [5, 5.41) is 31.6. The number of aliphatic hydroxyl groups is 3. The van der Waals surface area contributed by atoms with Crippen molar-refractivity contribution in [1.29, 1.82) is 0 Å². The molecule has 0 unspecified atom stereocenters. The minimum Gasteiger partial charge on any atom is -0.462 e. The van der Waals surface area contributed by atoms with Gasteiger partial charge in [-0.1, -0.05) is 288 Å². The van der Waals surface area contributed by atoms with Crippen molar-refractivity contribution in [2.45, 2.75) is 392 Å². The van der Waals surface area contributed by atoms with Crippen molar-refractivity contribution in [3.63, 3.8) is 0 Å². The van der Waals surface area contributed by atoms with Gasteiger partial charge in [0.05, 0.1) is 6.61 Å². The third-order valence-corrected chi connectivity index (χ3v) is 16.2. The molecular weight excluding hydrogens is 1010 g/mol. The molecule has 0 aliphatic heterocycles. The molecule has 0 bridgehead atoms. The zero-order valence-electron chi connectivity index (χ0n) is 53.7. The van der Waals surface area contributed by atoms with E-state index < -0.39 is 55.5 Å². The Balaban J connectivity index is 4.90. The minimum atomic E-state index is -1.76. The number of hydrogen-bond donors (Lipinski definition) is 3. The van der Waals surface area contributed by atoms with Crippen molar-refractivity contribution in [1.82, 2.24) is 0 Å². The summed E-state index contributed by atoms with van der Waals surface area (Å²) in [6.07, 6.45) is 69.3. The van der Waals surface area contributed by atoms with Gasteiger partial charge in [0, 0.05) is 19.3 Å². The molecule has 4 atom stereocenters. The van der Waals surface area contributed by atoms with Crippen molar-refractivity contribution in [2.24, 2.45) is 0 Å². The Morgan fingerprint density at radius 2 is 0.556 bits per heavy atom. The van der Waals surface area contributed by atoms with Gasteiger partial charge in [0.1, 0.15) is 18.8 Å². The molecule has 81 heavy (non-hydrogen) atoms. The van der Waals surface area contributed by atoms with Gasteiger partial charge in [0.2, 0.25) is 0 Å². The number of carbonyl (C=O) groups is 3. The van der Waals surface area contributed by atoms with Crippen LogP contribution < -0.4 is 0 Å². The molecule has 9 nitrogen and oxygen atoms in total. The van der Waals surface area contributed by atoms with E-state index in [4.69, 9.17) is 14.2 Å². The smallest absolute Gasteiger partial charge is 0.306 e. The lowest BCUT2D eigenvalue weighted by atomic mass is 10.0. The Bertz CT molecular complexity index is 1410. The summed E-state index contributed by atoms with van der Waals surface area (Å²) in [6, 6.07) is 0. The highest BCUT2D eigenvalue weighted by molar-refractivity contribution is 5.71. The van der Waals surface area contributed by atoms with Crippen LogP contribution in [0.4, 0.5) is 0 Å². The lowest BCUT2D eigenvalue weighted by Gasteiger charge is -2.31. The number of rotatable bonds is 65. The van der Waals surface area contributed by atoms with Gasteiger partial charge in [-0.2, -0.15) is 0 Å². The molecule has 9 heteroatoms. The van der Waals surface area contributed by atoms with Crippen molar-refractivity contribution in [2.75, 3.05) is 13.2 Å². The van der Waals surface area contributed by atoms with Gasteiger partial charge in [0.25, 0.3) is 0 Å². The maximum Gasteiger partial charge on any atom is 0.306 e. The van der Waals surface area contributed by atoms with E-state index in [1.54, 1.807) is 0 Å². The molecule has 476 valence electrons. The second-order valence-electron chi connectivity index (χ2n) is 24.2. The van der Waals surface area contributed by atoms with Crippen molar-refractivity contribution in [3.05, 3.63) is 36.5 Å². The first-order valence-corrected chi connectivity index (χ1v) is 35.3. The first-order chi connectivity index (χ1) is 39.8. The molecule has 0 fully saturated rings. The van der Waals surface area contributed by atoms with Crippen molar-refractivity contribution in [3.8, 4) is 0 Å². The van der Waals surface area contributed by atoms with Gasteiger partial charge in [0.15, 0.2) is 12.2 Å². The van der Waals surface area contributed by atoms with E-state index in [9.17, 15) is 29.7 Å². The van der Waals surface area contributed by atoms with Gasteiger partial charge in [-0.05, 0) is 96.3 Å². The maximum atomic E-state index is 13.3. The quantitative estimate of drug-likeness (QED) is 0.0235. The average Bonchev–Trinajstić information content (AvgIpc) is 3.46. The first-order valence-electron chi connectivity index (χ1n) is 35.3. The summed E-state index contributed by atoms with van der Waals surface area (Å²) in [4.78, 5) is 39.7. The fourth-order valence-corrected chi connectivity index (χ4v) is 10.7. The monoisotopic (exact) mass is 1140 g/mol. The summed E-state index contributed by atoms with van der Waals surface area (Å²) in [6.45, 7) is 5.57. The highest BCUT2D eigenvalue weighted by Crippen LogP contribution is 2.21. The van der Waals surface area contributed by atoms with Crippen LogP contribution in [0.15, 0.2) is 36.5 Å². The highest BCUT2D eigenvalue weighted by Gasteiger charge is 2.39. The van der Waals surface area contributed by atoms with Gasteiger partial charge < -0.3 is 29.5 Å².